The SMILES string of the molecule is CCC1CN(c2nc(C3CC3)c3c(c2C#N)CC(C)(C)OC3)CCN1C(=O)c1ccoc1C. The summed E-state index contributed by atoms with van der Waals surface area (Å²) >= 11 is 0. The number of carbonyl (C=O) groups excluding carboxylic acids is 1. The molecule has 0 spiro atoms. The molecule has 3 aliphatic rings. The number of carbonyl (C=O) groups is 1. The summed E-state index contributed by atoms with van der Waals surface area (Å²) in [6, 6.07) is 4.29. The van der Waals surface area contributed by atoms with Crippen molar-refractivity contribution in [3.05, 3.63) is 46.0 Å². The van der Waals surface area contributed by atoms with E-state index in [1.54, 1.807) is 12.3 Å². The zero-order chi connectivity index (χ0) is 23.3. The second-order valence-corrected chi connectivity index (χ2v) is 10.2. The topological polar surface area (TPSA) is 82.6 Å². The number of nitriles is 1. The summed E-state index contributed by atoms with van der Waals surface area (Å²) in [7, 11) is 0. The molecule has 0 N–H and O–H groups in total. The molecule has 7 heteroatoms. The molecule has 5 rings (SSSR count). The average Bonchev–Trinajstić information content (AvgIpc) is 3.56. The van der Waals surface area contributed by atoms with E-state index in [2.05, 4.69) is 31.7 Å². The van der Waals surface area contributed by atoms with Gasteiger partial charge in [-0.2, -0.15) is 5.26 Å². The Balaban J connectivity index is 1.49. The molecule has 1 amide bonds. The van der Waals surface area contributed by atoms with Crippen molar-refractivity contribution in [2.24, 2.45) is 0 Å². The molecule has 2 aliphatic heterocycles. The smallest absolute Gasteiger partial charge is 0.257 e. The molecule has 0 radical (unpaired) electrons. The summed E-state index contributed by atoms with van der Waals surface area (Å²) in [5, 5.41) is 10.2. The lowest BCUT2D eigenvalue weighted by atomic mass is 9.87. The molecule has 174 valence electrons. The summed E-state index contributed by atoms with van der Waals surface area (Å²) in [5.41, 5.74) is 4.39. The van der Waals surface area contributed by atoms with Crippen molar-refractivity contribution >= 4 is 11.7 Å². The predicted molar refractivity (Wildman–Crippen MR) is 124 cm³/mol. The zero-order valence-electron chi connectivity index (χ0n) is 20.0. The van der Waals surface area contributed by atoms with Crippen LogP contribution >= 0.6 is 0 Å². The Kier molecular flexibility index (Phi) is 5.44. The summed E-state index contributed by atoms with van der Waals surface area (Å²) in [5.74, 6) is 1.94. The van der Waals surface area contributed by atoms with Crippen LogP contribution in [0.2, 0.25) is 0 Å². The van der Waals surface area contributed by atoms with Crippen molar-refractivity contribution in [1.29, 1.82) is 5.26 Å². The monoisotopic (exact) mass is 448 g/mol. The molecular formula is C26H32N4O3. The van der Waals surface area contributed by atoms with Crippen LogP contribution in [-0.4, -0.2) is 47.1 Å². The quantitative estimate of drug-likeness (QED) is 0.693. The minimum atomic E-state index is -0.294. The van der Waals surface area contributed by atoms with Crippen LogP contribution in [0.4, 0.5) is 5.82 Å². The van der Waals surface area contributed by atoms with Gasteiger partial charge >= 0.3 is 0 Å². The van der Waals surface area contributed by atoms with E-state index in [4.69, 9.17) is 14.1 Å². The van der Waals surface area contributed by atoms with Gasteiger partial charge in [-0.1, -0.05) is 6.92 Å². The number of nitrogens with zero attached hydrogens (tertiary/aromatic N) is 4. The molecule has 1 atom stereocenters. The number of fused-ring (bicyclic) bond motifs is 1. The van der Waals surface area contributed by atoms with Crippen LogP contribution < -0.4 is 4.90 Å². The van der Waals surface area contributed by atoms with Gasteiger partial charge in [-0.05, 0) is 51.7 Å². The molecule has 33 heavy (non-hydrogen) atoms. The van der Waals surface area contributed by atoms with Gasteiger partial charge in [0.1, 0.15) is 17.6 Å². The molecule has 2 aromatic heterocycles. The van der Waals surface area contributed by atoms with Crippen LogP contribution in [-0.2, 0) is 17.8 Å². The zero-order valence-corrected chi connectivity index (χ0v) is 20.0. The van der Waals surface area contributed by atoms with Crippen LogP contribution in [0.25, 0.3) is 0 Å². The second-order valence-electron chi connectivity index (χ2n) is 10.2. The average molecular weight is 449 g/mol. The van der Waals surface area contributed by atoms with Crippen LogP contribution in [0, 0.1) is 18.3 Å². The summed E-state index contributed by atoms with van der Waals surface area (Å²) in [6.45, 7) is 10.6. The van der Waals surface area contributed by atoms with Crippen molar-refractivity contribution in [2.45, 2.75) is 77.5 Å². The van der Waals surface area contributed by atoms with Gasteiger partial charge in [-0.3, -0.25) is 4.79 Å². The van der Waals surface area contributed by atoms with Crippen molar-refractivity contribution in [1.82, 2.24) is 9.88 Å². The lowest BCUT2D eigenvalue weighted by Crippen LogP contribution is -2.55. The van der Waals surface area contributed by atoms with E-state index in [9.17, 15) is 10.1 Å². The maximum Gasteiger partial charge on any atom is 0.257 e. The fraction of sp³-hybridized carbons (Fsp3) is 0.577. The highest BCUT2D eigenvalue weighted by atomic mass is 16.5. The fourth-order valence-electron chi connectivity index (χ4n) is 5.25. The summed E-state index contributed by atoms with van der Waals surface area (Å²) in [6.07, 6.45) is 5.43. The third-order valence-corrected chi connectivity index (χ3v) is 7.31. The maximum atomic E-state index is 13.2. The number of rotatable bonds is 4. The normalized spacial score (nSPS) is 22.1. The number of aryl methyl sites for hydroxylation is 1. The van der Waals surface area contributed by atoms with E-state index in [1.807, 2.05) is 11.8 Å². The molecule has 7 nitrogen and oxygen atoms in total. The van der Waals surface area contributed by atoms with E-state index in [1.165, 1.54) is 0 Å². The Labute approximate surface area is 195 Å². The van der Waals surface area contributed by atoms with Crippen molar-refractivity contribution < 1.29 is 13.9 Å². The second kappa shape index (κ2) is 8.18. The van der Waals surface area contributed by atoms with Gasteiger partial charge in [0.2, 0.25) is 0 Å². The highest BCUT2D eigenvalue weighted by molar-refractivity contribution is 5.95. The number of hydrogen-bond acceptors (Lipinski definition) is 6. The first-order valence-corrected chi connectivity index (χ1v) is 12.0. The van der Waals surface area contributed by atoms with Crippen LogP contribution in [0.3, 0.4) is 0 Å². The number of furan rings is 1. The predicted octanol–water partition coefficient (Wildman–Crippen LogP) is 4.32. The third kappa shape index (κ3) is 3.91. The van der Waals surface area contributed by atoms with Gasteiger partial charge in [0, 0.05) is 43.6 Å². The molecule has 1 aliphatic carbocycles. The van der Waals surface area contributed by atoms with E-state index < -0.39 is 0 Å². The first-order chi connectivity index (χ1) is 15.8. The number of hydrogen-bond donors (Lipinski definition) is 0. The number of anilines is 1. The van der Waals surface area contributed by atoms with Crippen LogP contribution in [0.5, 0.6) is 0 Å². The number of pyridine rings is 1. The van der Waals surface area contributed by atoms with E-state index >= 15 is 0 Å². The number of ether oxygens (including phenoxy) is 1. The molecule has 1 saturated carbocycles. The Hall–Kier alpha value is -2.85. The molecule has 1 saturated heterocycles. The van der Waals surface area contributed by atoms with E-state index in [-0.39, 0.29) is 17.6 Å². The van der Waals surface area contributed by atoms with Gasteiger partial charge in [0.25, 0.3) is 5.91 Å². The molecule has 0 aromatic carbocycles. The van der Waals surface area contributed by atoms with E-state index in [0.29, 0.717) is 49.0 Å². The highest BCUT2D eigenvalue weighted by Gasteiger charge is 2.39. The Bertz CT molecular complexity index is 1130. The highest BCUT2D eigenvalue weighted by Crippen LogP contribution is 2.46. The number of aromatic nitrogens is 1. The Morgan fingerprint density at radius 3 is 2.73 bits per heavy atom. The van der Waals surface area contributed by atoms with E-state index in [0.717, 1.165) is 48.3 Å². The minimum absolute atomic E-state index is 0.0178. The van der Waals surface area contributed by atoms with Crippen LogP contribution in [0.1, 0.15) is 84.5 Å². The molecule has 0 bridgehead atoms. The van der Waals surface area contributed by atoms with Gasteiger partial charge < -0.3 is 19.0 Å². The van der Waals surface area contributed by atoms with Crippen molar-refractivity contribution in [3.63, 3.8) is 0 Å². The molecule has 4 heterocycles. The van der Waals surface area contributed by atoms with Gasteiger partial charge in [-0.25, -0.2) is 4.98 Å². The molecular weight excluding hydrogens is 416 g/mol. The standard InChI is InChI=1S/C26H32N4O3/c1-5-18-14-29(9-10-30(18)25(31)19-8-11-32-16(19)2)24-21(13-27)20-12-26(3,4)33-15-22(20)23(28-24)17-6-7-17/h8,11,17-18H,5-7,9-10,12,14-15H2,1-4H3. The number of piperazine rings is 1. The van der Waals surface area contributed by atoms with Gasteiger partial charge in [-0.15, -0.1) is 0 Å². The number of amides is 1. The Morgan fingerprint density at radius 1 is 1.30 bits per heavy atom. The van der Waals surface area contributed by atoms with Gasteiger partial charge in [0.05, 0.1) is 35.3 Å². The fourth-order valence-corrected chi connectivity index (χ4v) is 5.25. The third-order valence-electron chi connectivity index (χ3n) is 7.31. The molecule has 2 aromatic rings. The molecule has 2 fully saturated rings. The lowest BCUT2D eigenvalue weighted by molar-refractivity contribution is -0.0407. The van der Waals surface area contributed by atoms with Crippen molar-refractivity contribution in [2.75, 3.05) is 24.5 Å². The first kappa shape index (κ1) is 22.0. The Morgan fingerprint density at radius 2 is 2.09 bits per heavy atom. The van der Waals surface area contributed by atoms with Crippen molar-refractivity contribution in [3.8, 4) is 6.07 Å². The first-order valence-electron chi connectivity index (χ1n) is 12.0. The summed E-state index contributed by atoms with van der Waals surface area (Å²) < 4.78 is 11.5. The van der Waals surface area contributed by atoms with Gasteiger partial charge in [0.15, 0.2) is 0 Å². The van der Waals surface area contributed by atoms with Crippen LogP contribution in [0.15, 0.2) is 16.7 Å². The lowest BCUT2D eigenvalue weighted by Gasteiger charge is -2.42. The summed E-state index contributed by atoms with van der Waals surface area (Å²) in [4.78, 5) is 22.5. The largest absolute Gasteiger partial charge is 0.469 e. The maximum absolute atomic E-state index is 13.2. The molecule has 1 unspecified atom stereocenters. The minimum Gasteiger partial charge on any atom is -0.469 e.